The minimum Gasteiger partial charge on any atom is -0.208 e. The molecule has 25 heavy (non-hydrogen) atoms. The smallest absolute Gasteiger partial charge is 0.162 e. The van der Waals surface area contributed by atoms with E-state index in [2.05, 4.69) is 0 Å². The summed E-state index contributed by atoms with van der Waals surface area (Å²) in [5, 5.41) is 0. The highest BCUT2D eigenvalue weighted by molar-refractivity contribution is 5.44. The standard InChI is InChI=1S/C21H28F4/c1-8-11(3)12(4)13(5)19(23)18(22)10-17-14(6)16(9-2)15(7)20(24)21(17)25/h11H,8-10H2,1-7H3. The second-order valence-corrected chi connectivity index (χ2v) is 6.70. The van der Waals surface area contributed by atoms with Gasteiger partial charge in [-0.05, 0) is 68.7 Å². The highest BCUT2D eigenvalue weighted by atomic mass is 19.2. The molecular weight excluding hydrogens is 328 g/mol. The Labute approximate surface area is 148 Å². The molecule has 0 spiro atoms. The summed E-state index contributed by atoms with van der Waals surface area (Å²) in [4.78, 5) is 0. The Hall–Kier alpha value is -1.58. The van der Waals surface area contributed by atoms with Gasteiger partial charge in [-0.1, -0.05) is 26.3 Å². The van der Waals surface area contributed by atoms with Gasteiger partial charge in [0.05, 0.1) is 0 Å². The fraction of sp³-hybridized carbons (Fsp3) is 0.524. The van der Waals surface area contributed by atoms with Crippen LogP contribution in [-0.4, -0.2) is 0 Å². The van der Waals surface area contributed by atoms with Crippen molar-refractivity contribution >= 4 is 0 Å². The van der Waals surface area contributed by atoms with Gasteiger partial charge < -0.3 is 0 Å². The average molecular weight is 356 g/mol. The second kappa shape index (κ2) is 8.68. The summed E-state index contributed by atoms with van der Waals surface area (Å²) in [6.07, 6.45) is 0.732. The summed E-state index contributed by atoms with van der Waals surface area (Å²) >= 11 is 0. The Balaban J connectivity index is 3.41. The van der Waals surface area contributed by atoms with Crippen molar-refractivity contribution in [3.8, 4) is 0 Å². The largest absolute Gasteiger partial charge is 0.208 e. The molecule has 1 atom stereocenters. The number of allylic oxidation sites excluding steroid dienone is 4. The SMILES string of the molecule is CCc1c(C)c(F)c(F)c(CC(F)=C(F)C(C)=C(C)C(C)CC)c1C. The lowest BCUT2D eigenvalue weighted by Gasteiger charge is -2.16. The number of hydrogen-bond acceptors (Lipinski definition) is 0. The molecule has 0 saturated heterocycles. The van der Waals surface area contributed by atoms with Crippen LogP contribution in [0, 0.1) is 31.4 Å². The van der Waals surface area contributed by atoms with Gasteiger partial charge >= 0.3 is 0 Å². The van der Waals surface area contributed by atoms with E-state index in [1.54, 1.807) is 13.8 Å². The lowest BCUT2D eigenvalue weighted by atomic mass is 9.91. The van der Waals surface area contributed by atoms with Crippen LogP contribution in [0.5, 0.6) is 0 Å². The van der Waals surface area contributed by atoms with Crippen molar-refractivity contribution in [3.05, 3.63) is 56.7 Å². The number of benzene rings is 1. The summed E-state index contributed by atoms with van der Waals surface area (Å²) < 4.78 is 57.3. The Bertz CT molecular complexity index is 711. The van der Waals surface area contributed by atoms with Gasteiger partial charge in [-0.3, -0.25) is 0 Å². The van der Waals surface area contributed by atoms with Crippen molar-refractivity contribution < 1.29 is 17.6 Å². The summed E-state index contributed by atoms with van der Waals surface area (Å²) in [7, 11) is 0. The maximum Gasteiger partial charge on any atom is 0.162 e. The minimum atomic E-state index is -1.09. The van der Waals surface area contributed by atoms with Gasteiger partial charge in [-0.2, -0.15) is 0 Å². The highest BCUT2D eigenvalue weighted by Crippen LogP contribution is 2.31. The third-order valence-corrected chi connectivity index (χ3v) is 5.34. The van der Waals surface area contributed by atoms with Crippen molar-refractivity contribution in [1.29, 1.82) is 0 Å². The van der Waals surface area contributed by atoms with Crippen molar-refractivity contribution in [1.82, 2.24) is 0 Å². The van der Waals surface area contributed by atoms with E-state index in [0.29, 0.717) is 17.5 Å². The molecule has 0 radical (unpaired) electrons. The van der Waals surface area contributed by atoms with Crippen molar-refractivity contribution in [3.63, 3.8) is 0 Å². The molecule has 140 valence electrons. The predicted molar refractivity (Wildman–Crippen MR) is 96.0 cm³/mol. The zero-order valence-electron chi connectivity index (χ0n) is 16.2. The first-order valence-electron chi connectivity index (χ1n) is 8.76. The molecule has 0 bridgehead atoms. The van der Waals surface area contributed by atoms with E-state index in [1.807, 2.05) is 20.8 Å². The van der Waals surface area contributed by atoms with Crippen LogP contribution in [0.4, 0.5) is 17.6 Å². The fourth-order valence-electron chi connectivity index (χ4n) is 3.08. The molecule has 0 aromatic heterocycles. The third kappa shape index (κ3) is 4.34. The lowest BCUT2D eigenvalue weighted by Crippen LogP contribution is -2.07. The molecule has 0 fully saturated rings. The number of rotatable bonds is 6. The lowest BCUT2D eigenvalue weighted by molar-refractivity contribution is 0.479. The summed E-state index contributed by atoms with van der Waals surface area (Å²) in [5.41, 5.74) is 2.24. The molecule has 0 aliphatic rings. The van der Waals surface area contributed by atoms with Gasteiger partial charge in [-0.15, -0.1) is 0 Å². The number of halogens is 4. The van der Waals surface area contributed by atoms with Gasteiger partial charge in [0.15, 0.2) is 17.5 Å². The van der Waals surface area contributed by atoms with E-state index in [4.69, 9.17) is 0 Å². The Kier molecular flexibility index (Phi) is 7.45. The first-order valence-corrected chi connectivity index (χ1v) is 8.76. The summed E-state index contributed by atoms with van der Waals surface area (Å²) in [6, 6.07) is 0. The zero-order chi connectivity index (χ0) is 19.5. The molecule has 1 rings (SSSR count). The molecule has 0 amide bonds. The van der Waals surface area contributed by atoms with Gasteiger partial charge in [0, 0.05) is 12.0 Å². The Morgan fingerprint density at radius 3 is 1.96 bits per heavy atom. The van der Waals surface area contributed by atoms with E-state index in [9.17, 15) is 17.6 Å². The number of hydrogen-bond donors (Lipinski definition) is 0. The molecule has 0 nitrogen and oxygen atoms in total. The first-order chi connectivity index (χ1) is 11.6. The molecule has 1 aromatic carbocycles. The maximum atomic E-state index is 14.5. The maximum absolute atomic E-state index is 14.5. The van der Waals surface area contributed by atoms with Crippen molar-refractivity contribution in [2.45, 2.75) is 67.7 Å². The van der Waals surface area contributed by atoms with E-state index >= 15 is 0 Å². The summed E-state index contributed by atoms with van der Waals surface area (Å²) in [5.74, 6) is -3.98. The van der Waals surface area contributed by atoms with E-state index < -0.39 is 29.7 Å². The zero-order valence-corrected chi connectivity index (χ0v) is 16.2. The highest BCUT2D eigenvalue weighted by Gasteiger charge is 2.22. The molecule has 1 aromatic rings. The Morgan fingerprint density at radius 2 is 1.48 bits per heavy atom. The third-order valence-electron chi connectivity index (χ3n) is 5.34. The molecule has 1 unspecified atom stereocenters. The quantitative estimate of drug-likeness (QED) is 0.373. The van der Waals surface area contributed by atoms with Gasteiger partial charge in [0.1, 0.15) is 5.83 Å². The molecule has 0 saturated carbocycles. The van der Waals surface area contributed by atoms with Crippen LogP contribution in [0.3, 0.4) is 0 Å². The summed E-state index contributed by atoms with van der Waals surface area (Å²) in [6.45, 7) is 12.2. The molecule has 0 N–H and O–H groups in total. The topological polar surface area (TPSA) is 0 Å². The first kappa shape index (κ1) is 21.5. The van der Waals surface area contributed by atoms with Crippen LogP contribution < -0.4 is 0 Å². The van der Waals surface area contributed by atoms with E-state index in [0.717, 1.165) is 12.0 Å². The van der Waals surface area contributed by atoms with Crippen LogP contribution in [0.25, 0.3) is 0 Å². The predicted octanol–water partition coefficient (Wildman–Crippen LogP) is 7.22. The normalized spacial score (nSPS) is 15.0. The van der Waals surface area contributed by atoms with Crippen molar-refractivity contribution in [2.24, 2.45) is 5.92 Å². The van der Waals surface area contributed by atoms with Gasteiger partial charge in [0.2, 0.25) is 0 Å². The van der Waals surface area contributed by atoms with Crippen molar-refractivity contribution in [2.75, 3.05) is 0 Å². The minimum absolute atomic E-state index is 0.110. The van der Waals surface area contributed by atoms with Gasteiger partial charge in [0.25, 0.3) is 0 Å². The van der Waals surface area contributed by atoms with E-state index in [1.165, 1.54) is 13.8 Å². The fourth-order valence-corrected chi connectivity index (χ4v) is 3.08. The molecule has 0 heterocycles. The average Bonchev–Trinajstić information content (AvgIpc) is 2.61. The second-order valence-electron chi connectivity index (χ2n) is 6.70. The van der Waals surface area contributed by atoms with Crippen LogP contribution in [-0.2, 0) is 12.8 Å². The van der Waals surface area contributed by atoms with Crippen LogP contribution in [0.15, 0.2) is 22.8 Å². The van der Waals surface area contributed by atoms with Crippen LogP contribution >= 0.6 is 0 Å². The molecule has 0 aliphatic heterocycles. The monoisotopic (exact) mass is 356 g/mol. The van der Waals surface area contributed by atoms with Crippen LogP contribution in [0.2, 0.25) is 0 Å². The molecule has 0 aliphatic carbocycles. The molecule has 4 heteroatoms. The molecular formula is C21H28F4. The Morgan fingerprint density at radius 1 is 0.920 bits per heavy atom. The van der Waals surface area contributed by atoms with Crippen LogP contribution in [0.1, 0.15) is 63.3 Å². The van der Waals surface area contributed by atoms with Gasteiger partial charge in [-0.25, -0.2) is 17.6 Å². The van der Waals surface area contributed by atoms with E-state index in [-0.39, 0.29) is 22.6 Å².